The number of benzene rings is 2. The highest BCUT2D eigenvalue weighted by Gasteiger charge is 2.46. The Morgan fingerprint density at radius 1 is 1.22 bits per heavy atom. The second kappa shape index (κ2) is 7.61. The molecule has 1 N–H and O–H groups in total. The van der Waals surface area contributed by atoms with Crippen LogP contribution in [0.3, 0.4) is 0 Å². The van der Waals surface area contributed by atoms with Crippen molar-refractivity contribution < 1.29 is 28.2 Å². The van der Waals surface area contributed by atoms with Crippen molar-refractivity contribution in [3.05, 3.63) is 89.3 Å². The lowest BCUT2D eigenvalue weighted by Gasteiger charge is -2.24. The number of Topliss-reactive ketones (excluding diaryl/α,β-unsaturated/α-hetero) is 1. The topological polar surface area (TPSA) is 92.9 Å². The molecule has 32 heavy (non-hydrogen) atoms. The highest BCUT2D eigenvalue weighted by Crippen LogP contribution is 2.44. The first-order chi connectivity index (χ1) is 15.5. The van der Waals surface area contributed by atoms with Crippen molar-refractivity contribution in [1.82, 2.24) is 4.98 Å². The van der Waals surface area contributed by atoms with Crippen LogP contribution < -0.4 is 9.64 Å². The number of aliphatic hydroxyl groups is 1. The van der Waals surface area contributed by atoms with Gasteiger partial charge in [-0.3, -0.25) is 14.5 Å². The lowest BCUT2D eigenvalue weighted by molar-refractivity contribution is -0.117. The zero-order chi connectivity index (χ0) is 22.4. The van der Waals surface area contributed by atoms with Crippen LogP contribution in [0.15, 0.2) is 76.6 Å². The Kier molecular flexibility index (Phi) is 4.75. The van der Waals surface area contributed by atoms with Crippen LogP contribution in [-0.4, -0.2) is 28.9 Å². The first kappa shape index (κ1) is 20.0. The van der Waals surface area contributed by atoms with Gasteiger partial charge in [0, 0.05) is 0 Å². The second-order valence-corrected chi connectivity index (χ2v) is 8.04. The van der Waals surface area contributed by atoms with Gasteiger partial charge in [0.05, 0.1) is 35.2 Å². The largest absolute Gasteiger partial charge is 0.503 e. The summed E-state index contributed by atoms with van der Waals surface area (Å²) in [4.78, 5) is 32.1. The quantitative estimate of drug-likeness (QED) is 0.438. The average Bonchev–Trinajstić information content (AvgIpc) is 3.52. The molecule has 2 aromatic carbocycles. The number of ketones is 1. The highest BCUT2D eigenvalue weighted by molar-refractivity contribution is 7.22. The minimum atomic E-state index is -1.01. The summed E-state index contributed by atoms with van der Waals surface area (Å²) in [6, 6.07) is 12.6. The summed E-state index contributed by atoms with van der Waals surface area (Å²) in [5.41, 5.74) is 0.908. The molecule has 1 atom stereocenters. The molecule has 3 heterocycles. The van der Waals surface area contributed by atoms with Crippen molar-refractivity contribution in [1.29, 1.82) is 0 Å². The number of amides is 1. The van der Waals surface area contributed by atoms with Crippen molar-refractivity contribution in [3.63, 3.8) is 0 Å². The molecule has 0 radical (unpaired) electrons. The van der Waals surface area contributed by atoms with Gasteiger partial charge in [-0.25, -0.2) is 9.37 Å². The van der Waals surface area contributed by atoms with Gasteiger partial charge < -0.3 is 14.3 Å². The Bertz CT molecular complexity index is 1380. The summed E-state index contributed by atoms with van der Waals surface area (Å²) < 4.78 is 24.8. The van der Waals surface area contributed by atoms with Gasteiger partial charge in [0.2, 0.25) is 5.78 Å². The van der Waals surface area contributed by atoms with Crippen LogP contribution >= 0.6 is 11.3 Å². The summed E-state index contributed by atoms with van der Waals surface area (Å²) in [5.74, 6) is -1.98. The third-order valence-electron chi connectivity index (χ3n) is 5.17. The third-order valence-corrected chi connectivity index (χ3v) is 6.19. The molecule has 0 spiro atoms. The zero-order valence-electron chi connectivity index (χ0n) is 16.6. The van der Waals surface area contributed by atoms with Crippen molar-refractivity contribution >= 4 is 38.4 Å². The molecule has 5 rings (SSSR count). The number of rotatable bonds is 5. The Balaban J connectivity index is 1.67. The first-order valence-corrected chi connectivity index (χ1v) is 10.3. The first-order valence-electron chi connectivity index (χ1n) is 9.53. The standard InChI is InChI=1S/C23H15FN2O5S/c1-30-14-8-9-15-17(11-14)32-23(25-15)26-19(12-4-6-13(24)7-5-12)18(21(28)22(26)29)20(27)16-3-2-10-31-16/h2-11,19,28H,1H3. The number of carbonyl (C=O) groups is 2. The molecule has 7 nitrogen and oxygen atoms in total. The predicted molar refractivity (Wildman–Crippen MR) is 115 cm³/mol. The fourth-order valence-corrected chi connectivity index (χ4v) is 4.68. The number of methoxy groups -OCH3 is 1. The van der Waals surface area contributed by atoms with E-state index < -0.39 is 29.3 Å². The molecule has 1 aliphatic heterocycles. The van der Waals surface area contributed by atoms with Crippen LogP contribution in [0.4, 0.5) is 9.52 Å². The molecule has 1 unspecified atom stereocenters. The maximum absolute atomic E-state index is 13.6. The van der Waals surface area contributed by atoms with Crippen molar-refractivity contribution in [2.24, 2.45) is 0 Å². The van der Waals surface area contributed by atoms with Gasteiger partial charge in [-0.1, -0.05) is 23.5 Å². The maximum Gasteiger partial charge on any atom is 0.296 e. The number of hydrogen-bond donors (Lipinski definition) is 1. The van der Waals surface area contributed by atoms with Crippen LogP contribution in [0.5, 0.6) is 5.75 Å². The summed E-state index contributed by atoms with van der Waals surface area (Å²) >= 11 is 1.21. The van der Waals surface area contributed by atoms with Crippen LogP contribution in [0.1, 0.15) is 22.2 Å². The smallest absolute Gasteiger partial charge is 0.296 e. The number of anilines is 1. The number of hydrogen-bond acceptors (Lipinski definition) is 7. The Hall–Kier alpha value is -3.98. The molecule has 0 saturated carbocycles. The molecule has 2 aromatic heterocycles. The van der Waals surface area contributed by atoms with Crippen LogP contribution in [0.25, 0.3) is 10.2 Å². The van der Waals surface area contributed by atoms with E-state index in [4.69, 9.17) is 9.15 Å². The van der Waals surface area contributed by atoms with Crippen LogP contribution in [-0.2, 0) is 4.79 Å². The molecule has 9 heteroatoms. The van der Waals surface area contributed by atoms with Crippen molar-refractivity contribution in [3.8, 4) is 5.75 Å². The van der Waals surface area contributed by atoms with E-state index in [1.807, 2.05) is 0 Å². The SMILES string of the molecule is COc1ccc2nc(N3C(=O)C(O)=C(C(=O)c4ccco4)C3c3ccc(F)cc3)sc2c1. The van der Waals surface area contributed by atoms with Crippen molar-refractivity contribution in [2.45, 2.75) is 6.04 Å². The number of nitrogens with zero attached hydrogens (tertiary/aromatic N) is 2. The normalized spacial score (nSPS) is 16.2. The van der Waals surface area contributed by atoms with Gasteiger partial charge in [-0.15, -0.1) is 0 Å². The number of furan rings is 1. The minimum absolute atomic E-state index is 0.0256. The molecule has 1 amide bonds. The number of aliphatic hydroxyl groups excluding tert-OH is 1. The number of aromatic nitrogens is 1. The lowest BCUT2D eigenvalue weighted by Crippen LogP contribution is -2.30. The van der Waals surface area contributed by atoms with Crippen LogP contribution in [0.2, 0.25) is 0 Å². The molecule has 0 bridgehead atoms. The monoisotopic (exact) mass is 450 g/mol. The Morgan fingerprint density at radius 3 is 2.69 bits per heavy atom. The summed E-state index contributed by atoms with van der Waals surface area (Å²) in [6.07, 6.45) is 1.33. The molecule has 1 aliphatic rings. The fraction of sp³-hybridized carbons (Fsp3) is 0.0870. The van der Waals surface area contributed by atoms with Gasteiger partial charge in [0.1, 0.15) is 11.6 Å². The number of fused-ring (bicyclic) bond motifs is 1. The second-order valence-electron chi connectivity index (χ2n) is 7.03. The van der Waals surface area contributed by atoms with Gasteiger partial charge in [0.15, 0.2) is 16.7 Å². The van der Waals surface area contributed by atoms with Gasteiger partial charge in [-0.05, 0) is 48.0 Å². The lowest BCUT2D eigenvalue weighted by atomic mass is 9.95. The highest BCUT2D eigenvalue weighted by atomic mass is 32.1. The van der Waals surface area contributed by atoms with E-state index in [0.29, 0.717) is 16.8 Å². The summed E-state index contributed by atoms with van der Waals surface area (Å²) in [7, 11) is 1.55. The number of thiazole rings is 1. The van der Waals surface area contributed by atoms with Crippen molar-refractivity contribution in [2.75, 3.05) is 12.0 Å². The van der Waals surface area contributed by atoms with Crippen LogP contribution in [0, 0.1) is 5.82 Å². The Labute approximate surface area is 185 Å². The molecule has 0 fully saturated rings. The average molecular weight is 450 g/mol. The van der Waals surface area contributed by atoms with Gasteiger partial charge in [-0.2, -0.15) is 0 Å². The van der Waals surface area contributed by atoms with Gasteiger partial charge >= 0.3 is 0 Å². The van der Waals surface area contributed by atoms with E-state index in [1.165, 1.54) is 58.9 Å². The fourth-order valence-electron chi connectivity index (χ4n) is 3.66. The third kappa shape index (κ3) is 3.14. The molecular formula is C23H15FN2O5S. The molecule has 0 aliphatic carbocycles. The van der Waals surface area contributed by atoms with E-state index >= 15 is 0 Å². The molecule has 160 valence electrons. The molecule has 0 saturated heterocycles. The van der Waals surface area contributed by atoms with E-state index in [2.05, 4.69) is 4.98 Å². The predicted octanol–water partition coefficient (Wildman–Crippen LogP) is 4.82. The van der Waals surface area contributed by atoms with E-state index in [-0.39, 0.29) is 16.5 Å². The zero-order valence-corrected chi connectivity index (χ0v) is 17.4. The number of halogens is 1. The Morgan fingerprint density at radius 2 is 2.00 bits per heavy atom. The maximum atomic E-state index is 13.6. The van der Waals surface area contributed by atoms with Gasteiger partial charge in [0.25, 0.3) is 5.91 Å². The number of carbonyl (C=O) groups excluding carboxylic acids is 2. The molecule has 4 aromatic rings. The van der Waals surface area contributed by atoms with E-state index in [0.717, 1.165) is 4.70 Å². The van der Waals surface area contributed by atoms with E-state index in [1.54, 1.807) is 25.3 Å². The molecular weight excluding hydrogens is 435 g/mol. The minimum Gasteiger partial charge on any atom is -0.503 e. The summed E-state index contributed by atoms with van der Waals surface area (Å²) in [6.45, 7) is 0. The number of ether oxygens (including phenoxy) is 1. The summed E-state index contributed by atoms with van der Waals surface area (Å²) in [5, 5.41) is 11.0. The van der Waals surface area contributed by atoms with E-state index in [9.17, 15) is 19.1 Å².